The van der Waals surface area contributed by atoms with E-state index in [1.807, 2.05) is 26.0 Å². The van der Waals surface area contributed by atoms with Gasteiger partial charge in [0.15, 0.2) is 0 Å². The van der Waals surface area contributed by atoms with Crippen molar-refractivity contribution < 1.29 is 17.9 Å². The number of hydrogen-bond donors (Lipinski definition) is 1. The SMILES string of the molecule is C[C@@H]1CN(S(=O)(=O)c2cccc(C(=O)N[C@H]3CCCc4ccccc43)c2)C[C@@H](C)O1. The molecule has 4 rings (SSSR count). The Morgan fingerprint density at radius 3 is 2.57 bits per heavy atom. The van der Waals surface area contributed by atoms with Gasteiger partial charge in [-0.25, -0.2) is 8.42 Å². The number of amides is 1. The lowest BCUT2D eigenvalue weighted by Crippen LogP contribution is -2.48. The zero-order chi connectivity index (χ0) is 21.3. The molecule has 160 valence electrons. The molecule has 0 unspecified atom stereocenters. The van der Waals surface area contributed by atoms with Crippen molar-refractivity contribution in [1.29, 1.82) is 0 Å². The molecule has 1 heterocycles. The van der Waals surface area contributed by atoms with E-state index in [0.29, 0.717) is 18.7 Å². The summed E-state index contributed by atoms with van der Waals surface area (Å²) in [5.74, 6) is -0.252. The first-order valence-electron chi connectivity index (χ1n) is 10.5. The number of nitrogens with zero attached hydrogens (tertiary/aromatic N) is 1. The monoisotopic (exact) mass is 428 g/mol. The van der Waals surface area contributed by atoms with E-state index in [2.05, 4.69) is 17.4 Å². The van der Waals surface area contributed by atoms with Crippen molar-refractivity contribution in [2.75, 3.05) is 13.1 Å². The summed E-state index contributed by atoms with van der Waals surface area (Å²) in [6.07, 6.45) is 2.59. The quantitative estimate of drug-likeness (QED) is 0.811. The fourth-order valence-corrected chi connectivity index (χ4v) is 6.06. The summed E-state index contributed by atoms with van der Waals surface area (Å²) in [7, 11) is -3.69. The van der Waals surface area contributed by atoms with Crippen molar-refractivity contribution in [1.82, 2.24) is 9.62 Å². The molecule has 0 spiro atoms. The van der Waals surface area contributed by atoms with Gasteiger partial charge in [0.2, 0.25) is 10.0 Å². The summed E-state index contributed by atoms with van der Waals surface area (Å²) in [5.41, 5.74) is 2.77. The maximum absolute atomic E-state index is 13.1. The van der Waals surface area contributed by atoms with Gasteiger partial charge < -0.3 is 10.1 Å². The fraction of sp³-hybridized carbons (Fsp3) is 0.435. The van der Waals surface area contributed by atoms with Crippen LogP contribution in [0.1, 0.15) is 54.2 Å². The number of benzene rings is 2. The summed E-state index contributed by atoms with van der Waals surface area (Å²) in [6, 6.07) is 14.4. The zero-order valence-corrected chi connectivity index (χ0v) is 18.2. The number of carbonyl (C=O) groups is 1. The van der Waals surface area contributed by atoms with E-state index in [9.17, 15) is 13.2 Å². The minimum atomic E-state index is -3.69. The number of fused-ring (bicyclic) bond motifs is 1. The molecule has 0 aromatic heterocycles. The Balaban J connectivity index is 1.54. The number of sulfonamides is 1. The van der Waals surface area contributed by atoms with E-state index < -0.39 is 10.0 Å². The van der Waals surface area contributed by atoms with Gasteiger partial charge in [0.25, 0.3) is 5.91 Å². The maximum Gasteiger partial charge on any atom is 0.251 e. The molecule has 6 nitrogen and oxygen atoms in total. The number of aryl methyl sites for hydroxylation is 1. The number of carbonyl (C=O) groups excluding carboxylic acids is 1. The van der Waals surface area contributed by atoms with Gasteiger partial charge in [0.1, 0.15) is 0 Å². The molecule has 1 saturated heterocycles. The summed E-state index contributed by atoms with van der Waals surface area (Å²) < 4.78 is 33.4. The molecule has 1 amide bonds. The minimum absolute atomic E-state index is 0.0522. The third-order valence-electron chi connectivity index (χ3n) is 5.79. The molecular formula is C23H28N2O4S. The zero-order valence-electron chi connectivity index (χ0n) is 17.4. The predicted molar refractivity (Wildman–Crippen MR) is 115 cm³/mol. The third-order valence-corrected chi connectivity index (χ3v) is 7.62. The Morgan fingerprint density at radius 1 is 1.07 bits per heavy atom. The van der Waals surface area contributed by atoms with Gasteiger partial charge >= 0.3 is 0 Å². The van der Waals surface area contributed by atoms with Gasteiger partial charge in [-0.3, -0.25) is 4.79 Å². The van der Waals surface area contributed by atoms with E-state index in [1.54, 1.807) is 18.2 Å². The lowest BCUT2D eigenvalue weighted by molar-refractivity contribution is -0.0440. The van der Waals surface area contributed by atoms with Crippen molar-refractivity contribution in [2.45, 2.75) is 56.3 Å². The van der Waals surface area contributed by atoms with E-state index in [0.717, 1.165) is 24.8 Å². The van der Waals surface area contributed by atoms with Gasteiger partial charge in [-0.05, 0) is 62.4 Å². The van der Waals surface area contributed by atoms with Gasteiger partial charge in [-0.1, -0.05) is 30.3 Å². The lowest BCUT2D eigenvalue weighted by Gasteiger charge is -2.34. The summed E-state index contributed by atoms with van der Waals surface area (Å²) >= 11 is 0. The van der Waals surface area contributed by atoms with E-state index in [-0.39, 0.29) is 29.1 Å². The molecule has 1 fully saturated rings. The number of hydrogen-bond acceptors (Lipinski definition) is 4. The first-order valence-corrected chi connectivity index (χ1v) is 11.9. The number of nitrogens with one attached hydrogen (secondary N) is 1. The van der Waals surface area contributed by atoms with Crippen LogP contribution in [0.15, 0.2) is 53.4 Å². The molecule has 1 aliphatic carbocycles. The standard InChI is InChI=1S/C23H28N2O4S/c1-16-14-25(15-17(2)29-16)30(27,28)20-10-5-9-19(13-20)23(26)24-22-12-6-8-18-7-3-4-11-21(18)22/h3-5,7,9-11,13,16-17,22H,6,8,12,14-15H2,1-2H3,(H,24,26)/t16-,17-,22+/m1/s1. The topological polar surface area (TPSA) is 75.7 Å². The third kappa shape index (κ3) is 4.29. The second-order valence-corrected chi connectivity index (χ2v) is 10.2. The van der Waals surface area contributed by atoms with Gasteiger partial charge in [-0.15, -0.1) is 0 Å². The Bertz CT molecular complexity index is 1030. The van der Waals surface area contributed by atoms with E-state index in [4.69, 9.17) is 4.74 Å². The highest BCUT2D eigenvalue weighted by molar-refractivity contribution is 7.89. The Kier molecular flexibility index (Phi) is 5.95. The molecule has 2 aliphatic rings. The Morgan fingerprint density at radius 2 is 1.80 bits per heavy atom. The van der Waals surface area contributed by atoms with Crippen molar-refractivity contribution >= 4 is 15.9 Å². The molecule has 1 N–H and O–H groups in total. The first-order chi connectivity index (χ1) is 14.3. The maximum atomic E-state index is 13.1. The van der Waals surface area contributed by atoms with Crippen LogP contribution in [-0.2, 0) is 21.2 Å². The summed E-state index contributed by atoms with van der Waals surface area (Å²) in [5, 5.41) is 3.10. The lowest BCUT2D eigenvalue weighted by atomic mass is 9.87. The molecule has 0 saturated carbocycles. The van der Waals surface area contributed by atoms with Gasteiger partial charge in [0.05, 0.1) is 23.1 Å². The molecule has 1 aliphatic heterocycles. The highest BCUT2D eigenvalue weighted by Gasteiger charge is 2.32. The van der Waals surface area contributed by atoms with Crippen LogP contribution < -0.4 is 5.32 Å². The normalized spacial score (nSPS) is 24.8. The highest BCUT2D eigenvalue weighted by Crippen LogP contribution is 2.30. The average molecular weight is 429 g/mol. The Labute approximate surface area is 178 Å². The second kappa shape index (κ2) is 8.49. The van der Waals surface area contributed by atoms with Crippen molar-refractivity contribution in [3.63, 3.8) is 0 Å². The Hall–Kier alpha value is -2.22. The molecule has 3 atom stereocenters. The minimum Gasteiger partial charge on any atom is -0.373 e. The molecule has 0 bridgehead atoms. The summed E-state index contributed by atoms with van der Waals surface area (Å²) in [4.78, 5) is 13.1. The van der Waals surface area contributed by atoms with Crippen LogP contribution in [0.2, 0.25) is 0 Å². The molecule has 2 aromatic rings. The van der Waals surface area contributed by atoms with Crippen LogP contribution in [-0.4, -0.2) is 43.9 Å². The van der Waals surface area contributed by atoms with E-state index >= 15 is 0 Å². The smallest absolute Gasteiger partial charge is 0.251 e. The van der Waals surface area contributed by atoms with Crippen LogP contribution >= 0.6 is 0 Å². The fourth-order valence-electron chi connectivity index (χ4n) is 4.42. The van der Waals surface area contributed by atoms with Crippen LogP contribution in [0.4, 0.5) is 0 Å². The van der Waals surface area contributed by atoms with Crippen LogP contribution in [0.5, 0.6) is 0 Å². The summed E-state index contributed by atoms with van der Waals surface area (Å²) in [6.45, 7) is 4.35. The highest BCUT2D eigenvalue weighted by atomic mass is 32.2. The number of morpholine rings is 1. The molecular weight excluding hydrogens is 400 g/mol. The molecule has 0 radical (unpaired) electrons. The van der Waals surface area contributed by atoms with Crippen LogP contribution in [0.3, 0.4) is 0 Å². The number of rotatable bonds is 4. The molecule has 2 aromatic carbocycles. The second-order valence-electron chi connectivity index (χ2n) is 8.22. The number of ether oxygens (including phenoxy) is 1. The van der Waals surface area contributed by atoms with Gasteiger partial charge in [-0.2, -0.15) is 4.31 Å². The van der Waals surface area contributed by atoms with Crippen molar-refractivity contribution in [2.24, 2.45) is 0 Å². The average Bonchev–Trinajstić information content (AvgIpc) is 2.73. The van der Waals surface area contributed by atoms with Crippen molar-refractivity contribution in [3.8, 4) is 0 Å². The van der Waals surface area contributed by atoms with Crippen LogP contribution in [0, 0.1) is 0 Å². The van der Waals surface area contributed by atoms with Crippen LogP contribution in [0.25, 0.3) is 0 Å². The largest absolute Gasteiger partial charge is 0.373 e. The van der Waals surface area contributed by atoms with Gasteiger partial charge in [0, 0.05) is 18.7 Å². The predicted octanol–water partition coefficient (Wildman–Crippen LogP) is 3.29. The molecule has 30 heavy (non-hydrogen) atoms. The van der Waals surface area contributed by atoms with Crippen molar-refractivity contribution in [3.05, 3.63) is 65.2 Å². The van der Waals surface area contributed by atoms with E-state index in [1.165, 1.54) is 15.9 Å². The first kappa shape index (κ1) is 21.0. The molecule has 7 heteroatoms.